The molecule has 104 valence electrons. The van der Waals surface area contributed by atoms with Crippen LogP contribution < -0.4 is 0 Å². The Hall–Kier alpha value is -3.29. The first-order chi connectivity index (χ1) is 10.1. The number of benzene rings is 1. The van der Waals surface area contributed by atoms with Crippen LogP contribution in [0.15, 0.2) is 42.7 Å². The molecule has 0 saturated carbocycles. The molecule has 2 heterocycles. The van der Waals surface area contributed by atoms with Crippen molar-refractivity contribution >= 4 is 17.3 Å². The average Bonchev–Trinajstić information content (AvgIpc) is 2.91. The summed E-state index contributed by atoms with van der Waals surface area (Å²) in [5.74, 6) is -1.11. The predicted octanol–water partition coefficient (Wildman–Crippen LogP) is 2.00. The van der Waals surface area contributed by atoms with Gasteiger partial charge in [0.2, 0.25) is 0 Å². The first-order valence-electron chi connectivity index (χ1n) is 5.89. The molecule has 3 aromatic rings. The maximum Gasteiger partial charge on any atom is 0.341 e. The van der Waals surface area contributed by atoms with Crippen LogP contribution in [0.5, 0.6) is 0 Å². The van der Waals surface area contributed by atoms with Crippen LogP contribution in [0.1, 0.15) is 10.4 Å². The maximum atomic E-state index is 11.1. The van der Waals surface area contributed by atoms with Gasteiger partial charge in [0.25, 0.3) is 5.69 Å². The zero-order valence-electron chi connectivity index (χ0n) is 10.5. The monoisotopic (exact) mass is 284 g/mol. The Balaban J connectivity index is 2.16. The maximum absolute atomic E-state index is 11.1. The van der Waals surface area contributed by atoms with Gasteiger partial charge in [-0.1, -0.05) is 0 Å². The summed E-state index contributed by atoms with van der Waals surface area (Å²) in [7, 11) is 0. The highest BCUT2D eigenvalue weighted by Gasteiger charge is 2.15. The van der Waals surface area contributed by atoms with Crippen molar-refractivity contribution in [3.63, 3.8) is 0 Å². The molecule has 2 aromatic heterocycles. The number of non-ortho nitro benzene ring substituents is 1. The molecule has 0 aliphatic rings. The number of carboxylic acids is 1. The van der Waals surface area contributed by atoms with E-state index in [1.165, 1.54) is 29.0 Å². The third kappa shape index (κ3) is 2.08. The molecule has 0 bridgehead atoms. The van der Waals surface area contributed by atoms with E-state index >= 15 is 0 Å². The minimum Gasteiger partial charge on any atom is -0.477 e. The Kier molecular flexibility index (Phi) is 2.83. The lowest BCUT2D eigenvalue weighted by Gasteiger charge is -2.04. The van der Waals surface area contributed by atoms with Gasteiger partial charge in [0, 0.05) is 23.9 Å². The number of rotatable bonds is 3. The third-order valence-corrected chi connectivity index (χ3v) is 3.01. The number of aromatic nitrogens is 3. The first kappa shape index (κ1) is 12.7. The molecule has 0 atom stereocenters. The number of hydrogen-bond donors (Lipinski definition) is 1. The fourth-order valence-corrected chi connectivity index (χ4v) is 2.01. The van der Waals surface area contributed by atoms with Crippen molar-refractivity contribution in [2.45, 2.75) is 0 Å². The highest BCUT2D eigenvalue weighted by molar-refractivity contribution is 5.94. The smallest absolute Gasteiger partial charge is 0.341 e. The van der Waals surface area contributed by atoms with Gasteiger partial charge in [-0.3, -0.25) is 10.1 Å². The Morgan fingerprint density at radius 1 is 1.24 bits per heavy atom. The molecule has 0 fully saturated rings. The Bertz CT molecular complexity index is 854. The molecule has 0 aliphatic heterocycles. The summed E-state index contributed by atoms with van der Waals surface area (Å²) in [4.78, 5) is 25.2. The average molecular weight is 284 g/mol. The first-order valence-corrected chi connectivity index (χ1v) is 5.89. The number of fused-ring (bicyclic) bond motifs is 1. The molecule has 0 amide bonds. The van der Waals surface area contributed by atoms with Crippen molar-refractivity contribution in [1.29, 1.82) is 0 Å². The van der Waals surface area contributed by atoms with E-state index in [-0.39, 0.29) is 16.9 Å². The lowest BCUT2D eigenvalue weighted by atomic mass is 10.1. The molecule has 0 unspecified atom stereocenters. The quantitative estimate of drug-likeness (QED) is 0.581. The number of carbonyl (C=O) groups is 1. The zero-order chi connectivity index (χ0) is 15.0. The van der Waals surface area contributed by atoms with Crippen LogP contribution in [0, 0.1) is 10.1 Å². The molecule has 0 spiro atoms. The third-order valence-electron chi connectivity index (χ3n) is 3.01. The number of nitro groups is 1. The highest BCUT2D eigenvalue weighted by atomic mass is 16.6. The van der Waals surface area contributed by atoms with Crippen molar-refractivity contribution < 1.29 is 14.8 Å². The van der Waals surface area contributed by atoms with Crippen LogP contribution in [0.25, 0.3) is 16.9 Å². The minimum absolute atomic E-state index is 0.00115. The van der Waals surface area contributed by atoms with E-state index in [4.69, 9.17) is 5.11 Å². The number of hydrogen-bond acceptors (Lipinski definition) is 5. The van der Waals surface area contributed by atoms with Crippen molar-refractivity contribution in [3.8, 4) is 11.3 Å². The summed E-state index contributed by atoms with van der Waals surface area (Å²) >= 11 is 0. The van der Waals surface area contributed by atoms with Crippen LogP contribution in [0.3, 0.4) is 0 Å². The molecule has 1 N–H and O–H groups in total. The topological polar surface area (TPSA) is 111 Å². The largest absolute Gasteiger partial charge is 0.477 e. The van der Waals surface area contributed by atoms with E-state index in [1.807, 2.05) is 0 Å². The van der Waals surface area contributed by atoms with Gasteiger partial charge in [0.05, 0.1) is 16.8 Å². The van der Waals surface area contributed by atoms with Gasteiger partial charge in [-0.2, -0.15) is 5.10 Å². The van der Waals surface area contributed by atoms with Crippen molar-refractivity contribution in [2.24, 2.45) is 0 Å². The van der Waals surface area contributed by atoms with Crippen LogP contribution in [0.2, 0.25) is 0 Å². The van der Waals surface area contributed by atoms with E-state index in [2.05, 4.69) is 10.1 Å². The fourth-order valence-electron chi connectivity index (χ4n) is 2.01. The summed E-state index contributed by atoms with van der Waals surface area (Å²) in [5, 5.41) is 23.7. The fraction of sp³-hybridized carbons (Fsp3) is 0. The van der Waals surface area contributed by atoms with Gasteiger partial charge < -0.3 is 5.11 Å². The van der Waals surface area contributed by atoms with E-state index in [0.717, 1.165) is 0 Å². The Labute approximate surface area is 117 Å². The molecule has 0 radical (unpaired) electrons. The number of nitro benzene ring substituents is 1. The van der Waals surface area contributed by atoms with Crippen molar-refractivity contribution in [1.82, 2.24) is 14.6 Å². The zero-order valence-corrected chi connectivity index (χ0v) is 10.5. The van der Waals surface area contributed by atoms with Crippen LogP contribution >= 0.6 is 0 Å². The molecule has 1 aromatic carbocycles. The standard InChI is InChI=1S/C13H8N4O4/c18-13(19)10-7-15-16-11(5-6-14-12(10)16)8-1-3-9(4-2-8)17(20)21/h1-7H,(H,18,19). The molecule has 8 nitrogen and oxygen atoms in total. The molecule has 3 rings (SSSR count). The predicted molar refractivity (Wildman–Crippen MR) is 72.0 cm³/mol. The van der Waals surface area contributed by atoms with Gasteiger partial charge in [-0.15, -0.1) is 0 Å². The number of nitrogens with zero attached hydrogens (tertiary/aromatic N) is 4. The molecular formula is C13H8N4O4. The Morgan fingerprint density at radius 2 is 1.95 bits per heavy atom. The molecule has 21 heavy (non-hydrogen) atoms. The van der Waals surface area contributed by atoms with Gasteiger partial charge in [-0.25, -0.2) is 14.3 Å². The van der Waals surface area contributed by atoms with E-state index < -0.39 is 10.9 Å². The van der Waals surface area contributed by atoms with Crippen LogP contribution in [-0.4, -0.2) is 30.6 Å². The summed E-state index contributed by atoms with van der Waals surface area (Å²) in [6.45, 7) is 0. The van der Waals surface area contributed by atoms with Gasteiger partial charge in [-0.05, 0) is 18.2 Å². The lowest BCUT2D eigenvalue weighted by molar-refractivity contribution is -0.384. The van der Waals surface area contributed by atoms with Crippen molar-refractivity contribution in [3.05, 3.63) is 58.4 Å². The molecular weight excluding hydrogens is 276 g/mol. The molecule has 0 aliphatic carbocycles. The van der Waals surface area contributed by atoms with E-state index in [0.29, 0.717) is 11.3 Å². The summed E-state index contributed by atoms with van der Waals surface area (Å²) in [6.07, 6.45) is 2.69. The summed E-state index contributed by atoms with van der Waals surface area (Å²) < 4.78 is 1.39. The molecule has 0 saturated heterocycles. The van der Waals surface area contributed by atoms with Crippen LogP contribution in [-0.2, 0) is 0 Å². The second kappa shape index (κ2) is 4.67. The summed E-state index contributed by atoms with van der Waals surface area (Å²) in [5.41, 5.74) is 1.48. The minimum atomic E-state index is -1.11. The Morgan fingerprint density at radius 3 is 2.57 bits per heavy atom. The number of aromatic carboxylic acids is 1. The SMILES string of the molecule is O=C(O)c1cnn2c(-c3ccc([N+](=O)[O-])cc3)ccnc12. The normalized spacial score (nSPS) is 10.7. The van der Waals surface area contributed by atoms with E-state index in [9.17, 15) is 14.9 Å². The van der Waals surface area contributed by atoms with E-state index in [1.54, 1.807) is 18.2 Å². The van der Waals surface area contributed by atoms with Crippen LogP contribution in [0.4, 0.5) is 5.69 Å². The second-order valence-electron chi connectivity index (χ2n) is 4.23. The van der Waals surface area contributed by atoms with Gasteiger partial charge in [0.1, 0.15) is 5.56 Å². The van der Waals surface area contributed by atoms with Crippen molar-refractivity contribution in [2.75, 3.05) is 0 Å². The highest BCUT2D eigenvalue weighted by Crippen LogP contribution is 2.23. The summed E-state index contributed by atoms with van der Waals surface area (Å²) in [6, 6.07) is 7.57. The lowest BCUT2D eigenvalue weighted by Crippen LogP contribution is -1.99. The van der Waals surface area contributed by atoms with Gasteiger partial charge in [0.15, 0.2) is 5.65 Å². The number of carboxylic acid groups (broad SMARTS) is 1. The second-order valence-corrected chi connectivity index (χ2v) is 4.23. The van der Waals surface area contributed by atoms with Gasteiger partial charge >= 0.3 is 5.97 Å². The molecule has 8 heteroatoms.